The SMILES string of the molecule is COc1ccccc1N1CCN(/C=C\[C@](C)(C(=O)C2CCCCC2)c2ccccc2)CC1. The van der Waals surface area contributed by atoms with E-state index in [4.69, 9.17) is 4.74 Å². The fraction of sp³-hybridized carbons (Fsp3) is 0.464. The number of anilines is 1. The summed E-state index contributed by atoms with van der Waals surface area (Å²) in [5.41, 5.74) is 1.67. The van der Waals surface area contributed by atoms with Crippen LogP contribution in [0.3, 0.4) is 0 Å². The van der Waals surface area contributed by atoms with Crippen LogP contribution < -0.4 is 9.64 Å². The van der Waals surface area contributed by atoms with E-state index in [1.807, 2.05) is 30.3 Å². The van der Waals surface area contributed by atoms with Gasteiger partial charge in [-0.2, -0.15) is 0 Å². The molecule has 1 atom stereocenters. The molecule has 1 aliphatic heterocycles. The maximum absolute atomic E-state index is 13.7. The van der Waals surface area contributed by atoms with E-state index < -0.39 is 5.41 Å². The fourth-order valence-electron chi connectivity index (χ4n) is 5.15. The first-order valence-electron chi connectivity index (χ1n) is 12.0. The summed E-state index contributed by atoms with van der Waals surface area (Å²) in [7, 11) is 1.73. The quantitative estimate of drug-likeness (QED) is 0.583. The van der Waals surface area contributed by atoms with Crippen molar-refractivity contribution < 1.29 is 9.53 Å². The van der Waals surface area contributed by atoms with Crippen molar-refractivity contribution in [1.29, 1.82) is 0 Å². The van der Waals surface area contributed by atoms with Gasteiger partial charge in [-0.25, -0.2) is 0 Å². The number of allylic oxidation sites excluding steroid dienone is 1. The molecular weight excluding hydrogens is 396 g/mol. The van der Waals surface area contributed by atoms with Crippen molar-refractivity contribution in [3.8, 4) is 5.75 Å². The zero-order valence-electron chi connectivity index (χ0n) is 19.5. The first-order chi connectivity index (χ1) is 15.6. The van der Waals surface area contributed by atoms with E-state index in [0.29, 0.717) is 5.78 Å². The number of ketones is 1. The smallest absolute Gasteiger partial charge is 0.150 e. The Morgan fingerprint density at radius 3 is 2.28 bits per heavy atom. The molecule has 1 saturated heterocycles. The van der Waals surface area contributed by atoms with Crippen LogP contribution >= 0.6 is 0 Å². The second-order valence-corrected chi connectivity index (χ2v) is 9.28. The van der Waals surface area contributed by atoms with Gasteiger partial charge < -0.3 is 14.5 Å². The number of carbonyl (C=O) groups is 1. The van der Waals surface area contributed by atoms with Gasteiger partial charge in [0.1, 0.15) is 11.5 Å². The molecule has 0 aromatic heterocycles. The van der Waals surface area contributed by atoms with Gasteiger partial charge in [-0.15, -0.1) is 0 Å². The van der Waals surface area contributed by atoms with Gasteiger partial charge in [0.15, 0.2) is 0 Å². The molecule has 4 rings (SSSR count). The topological polar surface area (TPSA) is 32.8 Å². The van der Waals surface area contributed by atoms with Crippen LogP contribution in [-0.2, 0) is 10.2 Å². The third-order valence-corrected chi connectivity index (χ3v) is 7.22. The minimum atomic E-state index is -0.580. The Hall–Kier alpha value is -2.75. The van der Waals surface area contributed by atoms with Crippen LogP contribution in [0.25, 0.3) is 0 Å². The molecule has 0 spiro atoms. The minimum Gasteiger partial charge on any atom is -0.495 e. The van der Waals surface area contributed by atoms with Gasteiger partial charge in [0, 0.05) is 32.1 Å². The molecule has 4 nitrogen and oxygen atoms in total. The fourth-order valence-corrected chi connectivity index (χ4v) is 5.15. The maximum atomic E-state index is 13.7. The Labute approximate surface area is 192 Å². The monoisotopic (exact) mass is 432 g/mol. The highest BCUT2D eigenvalue weighted by atomic mass is 16.5. The molecule has 2 aromatic carbocycles. The lowest BCUT2D eigenvalue weighted by molar-refractivity contribution is -0.127. The molecular formula is C28H36N2O2. The van der Waals surface area contributed by atoms with Crippen LogP contribution in [0.2, 0.25) is 0 Å². The lowest BCUT2D eigenvalue weighted by Crippen LogP contribution is -2.44. The van der Waals surface area contributed by atoms with Crippen LogP contribution in [0, 0.1) is 5.92 Å². The normalized spacial score (nSPS) is 19.7. The number of para-hydroxylation sites is 2. The summed E-state index contributed by atoms with van der Waals surface area (Å²) in [6.45, 7) is 5.83. The minimum absolute atomic E-state index is 0.181. The van der Waals surface area contributed by atoms with Crippen molar-refractivity contribution in [2.45, 2.75) is 44.4 Å². The number of ether oxygens (including phenoxy) is 1. The number of nitrogens with zero attached hydrogens (tertiary/aromatic N) is 2. The van der Waals surface area contributed by atoms with Gasteiger partial charge in [-0.05, 0) is 43.7 Å². The highest BCUT2D eigenvalue weighted by molar-refractivity contribution is 5.93. The highest BCUT2D eigenvalue weighted by Crippen LogP contribution is 2.36. The van der Waals surface area contributed by atoms with Crippen molar-refractivity contribution >= 4 is 11.5 Å². The van der Waals surface area contributed by atoms with Gasteiger partial charge in [0.2, 0.25) is 0 Å². The Morgan fingerprint density at radius 2 is 1.59 bits per heavy atom. The molecule has 0 amide bonds. The van der Waals surface area contributed by atoms with E-state index >= 15 is 0 Å². The number of hydrogen-bond donors (Lipinski definition) is 0. The molecule has 0 radical (unpaired) electrons. The average molecular weight is 433 g/mol. The highest BCUT2D eigenvalue weighted by Gasteiger charge is 2.37. The number of carbonyl (C=O) groups excluding carboxylic acids is 1. The molecule has 2 aromatic rings. The van der Waals surface area contributed by atoms with Crippen LogP contribution in [0.4, 0.5) is 5.69 Å². The molecule has 32 heavy (non-hydrogen) atoms. The Kier molecular flexibility index (Phi) is 7.19. The zero-order chi connectivity index (χ0) is 22.4. The number of methoxy groups -OCH3 is 1. The number of hydrogen-bond acceptors (Lipinski definition) is 4. The second kappa shape index (κ2) is 10.2. The van der Waals surface area contributed by atoms with Crippen LogP contribution in [0.15, 0.2) is 66.9 Å². The van der Waals surface area contributed by atoms with Crippen molar-refractivity contribution in [3.05, 3.63) is 72.4 Å². The van der Waals surface area contributed by atoms with Gasteiger partial charge in [-0.3, -0.25) is 4.79 Å². The standard InChI is InChI=1S/C28H36N2O2/c1-28(24-13-7-4-8-14-24,27(31)23-11-5-3-6-12-23)17-18-29-19-21-30(22-20-29)25-15-9-10-16-26(25)32-2/h4,7-10,13-18,23H,3,5-6,11-12,19-22H2,1-2H3/b18-17-/t28-/m0/s1. The van der Waals surface area contributed by atoms with Crippen molar-refractivity contribution in [2.24, 2.45) is 5.92 Å². The molecule has 0 bridgehead atoms. The van der Waals surface area contributed by atoms with Crippen molar-refractivity contribution in [1.82, 2.24) is 4.90 Å². The lowest BCUT2D eigenvalue weighted by atomic mass is 9.70. The summed E-state index contributed by atoms with van der Waals surface area (Å²) in [6, 6.07) is 18.5. The summed E-state index contributed by atoms with van der Waals surface area (Å²) in [4.78, 5) is 18.4. The first kappa shape index (κ1) is 22.4. The molecule has 1 saturated carbocycles. The van der Waals surface area contributed by atoms with E-state index in [2.05, 4.69) is 53.3 Å². The first-order valence-corrected chi connectivity index (χ1v) is 12.0. The van der Waals surface area contributed by atoms with Gasteiger partial charge >= 0.3 is 0 Å². The summed E-state index contributed by atoms with van der Waals surface area (Å²) in [6.07, 6.45) is 10.0. The summed E-state index contributed by atoms with van der Waals surface area (Å²) >= 11 is 0. The van der Waals surface area contributed by atoms with Crippen molar-refractivity contribution in [2.75, 3.05) is 38.2 Å². The molecule has 1 aliphatic carbocycles. The molecule has 4 heteroatoms. The lowest BCUT2D eigenvalue weighted by Gasteiger charge is -2.37. The Bertz CT molecular complexity index is 912. The van der Waals surface area contributed by atoms with Crippen LogP contribution in [0.5, 0.6) is 5.75 Å². The number of benzene rings is 2. The molecule has 0 unspecified atom stereocenters. The van der Waals surface area contributed by atoms with E-state index in [-0.39, 0.29) is 5.92 Å². The summed E-state index contributed by atoms with van der Waals surface area (Å²) in [5, 5.41) is 0. The molecule has 2 aliphatic rings. The Balaban J connectivity index is 1.48. The number of rotatable bonds is 7. The maximum Gasteiger partial charge on any atom is 0.150 e. The average Bonchev–Trinajstić information content (AvgIpc) is 2.88. The predicted molar refractivity (Wildman–Crippen MR) is 131 cm³/mol. The van der Waals surface area contributed by atoms with E-state index in [1.165, 1.54) is 19.3 Å². The van der Waals surface area contributed by atoms with Crippen LogP contribution in [0.1, 0.15) is 44.6 Å². The van der Waals surface area contributed by atoms with E-state index in [1.54, 1.807) is 7.11 Å². The van der Waals surface area contributed by atoms with E-state index in [0.717, 1.165) is 56.0 Å². The Morgan fingerprint density at radius 1 is 0.938 bits per heavy atom. The van der Waals surface area contributed by atoms with Crippen molar-refractivity contribution in [3.63, 3.8) is 0 Å². The molecule has 2 fully saturated rings. The summed E-state index contributed by atoms with van der Waals surface area (Å²) in [5.74, 6) is 1.49. The molecule has 1 heterocycles. The summed E-state index contributed by atoms with van der Waals surface area (Å²) < 4.78 is 5.54. The van der Waals surface area contributed by atoms with Gasteiger partial charge in [-0.1, -0.05) is 67.8 Å². The number of Topliss-reactive ketones (excluding diaryl/α,β-unsaturated/α-hetero) is 1. The molecule has 0 N–H and O–H groups in total. The third kappa shape index (κ3) is 4.85. The second-order valence-electron chi connectivity index (χ2n) is 9.28. The zero-order valence-corrected chi connectivity index (χ0v) is 19.5. The predicted octanol–water partition coefficient (Wildman–Crippen LogP) is 5.44. The molecule has 170 valence electrons. The van der Waals surface area contributed by atoms with Crippen LogP contribution in [-0.4, -0.2) is 44.0 Å². The van der Waals surface area contributed by atoms with Gasteiger partial charge in [0.25, 0.3) is 0 Å². The van der Waals surface area contributed by atoms with Gasteiger partial charge in [0.05, 0.1) is 18.2 Å². The third-order valence-electron chi connectivity index (χ3n) is 7.22. The largest absolute Gasteiger partial charge is 0.495 e. The van der Waals surface area contributed by atoms with E-state index in [9.17, 15) is 4.79 Å². The number of piperazine rings is 1.